The Hall–Kier alpha value is -0.770. The summed E-state index contributed by atoms with van der Waals surface area (Å²) in [4.78, 5) is 2.34. The zero-order valence-electron chi connectivity index (χ0n) is 12.5. The average molecular weight is 297 g/mol. The molecule has 1 fully saturated rings. The van der Waals surface area contributed by atoms with Crippen LogP contribution in [0, 0.1) is 5.92 Å². The first-order chi connectivity index (χ1) is 9.70. The van der Waals surface area contributed by atoms with E-state index in [-0.39, 0.29) is 0 Å². The van der Waals surface area contributed by atoms with Gasteiger partial charge in [0.05, 0.1) is 0 Å². The normalized spacial score (nSPS) is 16.4. The largest absolute Gasteiger partial charge is 0.381 e. The van der Waals surface area contributed by atoms with Crippen LogP contribution >= 0.6 is 11.6 Å². The first-order valence-corrected chi connectivity index (χ1v) is 7.86. The van der Waals surface area contributed by atoms with E-state index in [2.05, 4.69) is 36.3 Å². The molecule has 0 atom stereocenters. The molecular weight excluding hydrogens is 272 g/mol. The minimum absolute atomic E-state index is 0.722. The van der Waals surface area contributed by atoms with Crippen LogP contribution in [0.15, 0.2) is 18.2 Å². The summed E-state index contributed by atoms with van der Waals surface area (Å²) >= 11 is 6.17. The number of rotatable bonds is 6. The van der Waals surface area contributed by atoms with Gasteiger partial charge < -0.3 is 15.0 Å². The van der Waals surface area contributed by atoms with Gasteiger partial charge in [0, 0.05) is 44.1 Å². The second kappa shape index (κ2) is 7.87. The Morgan fingerprint density at radius 1 is 1.35 bits per heavy atom. The zero-order chi connectivity index (χ0) is 14.4. The number of ether oxygens (including phenoxy) is 1. The number of hydrogen-bond acceptors (Lipinski definition) is 3. The highest BCUT2D eigenvalue weighted by Gasteiger charge is 2.17. The molecule has 0 amide bonds. The summed E-state index contributed by atoms with van der Waals surface area (Å²) in [5, 5.41) is 4.20. The highest BCUT2D eigenvalue weighted by molar-refractivity contribution is 6.30. The zero-order valence-corrected chi connectivity index (χ0v) is 13.2. The molecule has 1 aliphatic heterocycles. The summed E-state index contributed by atoms with van der Waals surface area (Å²) < 4.78 is 5.43. The Bertz CT molecular complexity index is 419. The maximum Gasteiger partial charge on any atom is 0.0469 e. The van der Waals surface area contributed by atoms with Crippen molar-refractivity contribution in [2.45, 2.75) is 26.3 Å². The Morgan fingerprint density at radius 2 is 2.10 bits per heavy atom. The van der Waals surface area contributed by atoms with E-state index in [1.54, 1.807) is 0 Å². The number of benzene rings is 1. The molecule has 1 aromatic rings. The van der Waals surface area contributed by atoms with Crippen molar-refractivity contribution in [2.75, 3.05) is 38.3 Å². The molecule has 112 valence electrons. The van der Waals surface area contributed by atoms with Gasteiger partial charge in [-0.1, -0.05) is 24.6 Å². The Labute approximate surface area is 127 Å². The van der Waals surface area contributed by atoms with E-state index in [0.29, 0.717) is 0 Å². The lowest BCUT2D eigenvalue weighted by atomic mass is 9.99. The van der Waals surface area contributed by atoms with Gasteiger partial charge in [-0.15, -0.1) is 0 Å². The van der Waals surface area contributed by atoms with Crippen molar-refractivity contribution in [2.24, 2.45) is 5.92 Å². The maximum absolute atomic E-state index is 6.17. The monoisotopic (exact) mass is 296 g/mol. The fourth-order valence-corrected chi connectivity index (χ4v) is 2.88. The standard InChI is InChI=1S/C16H25ClN2O/c1-3-18-11-14-4-5-15(17)10-16(14)19(2)12-13-6-8-20-9-7-13/h4-5,10,13,18H,3,6-9,11-12H2,1-2H3. The molecule has 1 N–H and O–H groups in total. The van der Waals surface area contributed by atoms with Gasteiger partial charge in [0.1, 0.15) is 0 Å². The molecule has 0 saturated carbocycles. The van der Waals surface area contributed by atoms with Crippen molar-refractivity contribution in [3.8, 4) is 0 Å². The quantitative estimate of drug-likeness (QED) is 0.871. The van der Waals surface area contributed by atoms with Gasteiger partial charge in [0.25, 0.3) is 0 Å². The van der Waals surface area contributed by atoms with Crippen LogP contribution in [-0.4, -0.2) is 33.4 Å². The predicted molar refractivity (Wildman–Crippen MR) is 85.6 cm³/mol. The highest BCUT2D eigenvalue weighted by atomic mass is 35.5. The molecule has 1 heterocycles. The molecule has 20 heavy (non-hydrogen) atoms. The number of anilines is 1. The van der Waals surface area contributed by atoms with Gasteiger partial charge >= 0.3 is 0 Å². The van der Waals surface area contributed by atoms with Crippen LogP contribution in [0.3, 0.4) is 0 Å². The Balaban J connectivity index is 2.06. The van der Waals surface area contributed by atoms with E-state index in [9.17, 15) is 0 Å². The fraction of sp³-hybridized carbons (Fsp3) is 0.625. The molecule has 0 spiro atoms. The van der Waals surface area contributed by atoms with Crippen LogP contribution in [0.4, 0.5) is 5.69 Å². The van der Waals surface area contributed by atoms with E-state index in [1.165, 1.54) is 11.3 Å². The van der Waals surface area contributed by atoms with Crippen molar-refractivity contribution >= 4 is 17.3 Å². The number of nitrogens with zero attached hydrogens (tertiary/aromatic N) is 1. The van der Waals surface area contributed by atoms with Crippen LogP contribution < -0.4 is 10.2 Å². The minimum Gasteiger partial charge on any atom is -0.381 e. The summed E-state index contributed by atoms with van der Waals surface area (Å²) in [6.45, 7) is 6.87. The summed E-state index contributed by atoms with van der Waals surface area (Å²) in [5.41, 5.74) is 2.55. The van der Waals surface area contributed by atoms with Crippen LogP contribution in [0.1, 0.15) is 25.3 Å². The smallest absolute Gasteiger partial charge is 0.0469 e. The highest BCUT2D eigenvalue weighted by Crippen LogP contribution is 2.26. The SMILES string of the molecule is CCNCc1ccc(Cl)cc1N(C)CC1CCOCC1. The molecule has 0 bridgehead atoms. The van der Waals surface area contributed by atoms with Gasteiger partial charge in [-0.2, -0.15) is 0 Å². The minimum atomic E-state index is 0.722. The van der Waals surface area contributed by atoms with E-state index < -0.39 is 0 Å². The van der Waals surface area contributed by atoms with Crippen molar-refractivity contribution in [1.82, 2.24) is 5.32 Å². The molecule has 1 saturated heterocycles. The van der Waals surface area contributed by atoms with Crippen LogP contribution in [0.25, 0.3) is 0 Å². The molecule has 3 nitrogen and oxygen atoms in total. The van der Waals surface area contributed by atoms with Crippen LogP contribution in [-0.2, 0) is 11.3 Å². The third kappa shape index (κ3) is 4.37. The summed E-state index contributed by atoms with van der Waals surface area (Å²) in [6, 6.07) is 6.17. The third-order valence-electron chi connectivity index (χ3n) is 3.90. The number of nitrogens with one attached hydrogen (secondary N) is 1. The van der Waals surface area contributed by atoms with Crippen molar-refractivity contribution in [3.63, 3.8) is 0 Å². The first kappa shape index (κ1) is 15.6. The Morgan fingerprint density at radius 3 is 2.80 bits per heavy atom. The Kier molecular flexibility index (Phi) is 6.14. The number of hydrogen-bond donors (Lipinski definition) is 1. The van der Waals surface area contributed by atoms with Gasteiger partial charge in [-0.05, 0) is 43.0 Å². The molecule has 0 aliphatic carbocycles. The van der Waals surface area contributed by atoms with Crippen molar-refractivity contribution < 1.29 is 4.74 Å². The molecule has 1 aromatic carbocycles. The molecule has 0 unspecified atom stereocenters. The van der Waals surface area contributed by atoms with Crippen molar-refractivity contribution in [1.29, 1.82) is 0 Å². The summed E-state index contributed by atoms with van der Waals surface area (Å²) in [6.07, 6.45) is 2.32. The predicted octanol–water partition coefficient (Wildman–Crippen LogP) is 3.31. The molecular formula is C16H25ClN2O. The first-order valence-electron chi connectivity index (χ1n) is 7.48. The summed E-state index contributed by atoms with van der Waals surface area (Å²) in [7, 11) is 2.16. The molecule has 0 radical (unpaired) electrons. The topological polar surface area (TPSA) is 24.5 Å². The molecule has 4 heteroatoms. The van der Waals surface area contributed by atoms with E-state index in [1.807, 2.05) is 6.07 Å². The van der Waals surface area contributed by atoms with Crippen LogP contribution in [0.5, 0.6) is 0 Å². The van der Waals surface area contributed by atoms with Gasteiger partial charge in [0.15, 0.2) is 0 Å². The fourth-order valence-electron chi connectivity index (χ4n) is 2.72. The lowest BCUT2D eigenvalue weighted by molar-refractivity contribution is 0.0685. The van der Waals surface area contributed by atoms with Crippen LogP contribution in [0.2, 0.25) is 5.02 Å². The van der Waals surface area contributed by atoms with E-state index in [4.69, 9.17) is 16.3 Å². The van der Waals surface area contributed by atoms with E-state index in [0.717, 1.165) is 56.6 Å². The maximum atomic E-state index is 6.17. The second-order valence-electron chi connectivity index (χ2n) is 5.49. The lowest BCUT2D eigenvalue weighted by Gasteiger charge is -2.30. The second-order valence-corrected chi connectivity index (χ2v) is 5.93. The lowest BCUT2D eigenvalue weighted by Crippen LogP contribution is -2.30. The third-order valence-corrected chi connectivity index (χ3v) is 4.13. The molecule has 2 rings (SSSR count). The van der Waals surface area contributed by atoms with Crippen molar-refractivity contribution in [3.05, 3.63) is 28.8 Å². The summed E-state index contributed by atoms with van der Waals surface area (Å²) in [5.74, 6) is 0.722. The molecule has 1 aliphatic rings. The van der Waals surface area contributed by atoms with Gasteiger partial charge in [0.2, 0.25) is 0 Å². The van der Waals surface area contributed by atoms with E-state index >= 15 is 0 Å². The number of halogens is 1. The van der Waals surface area contributed by atoms with Gasteiger partial charge in [-0.3, -0.25) is 0 Å². The van der Waals surface area contributed by atoms with Gasteiger partial charge in [-0.25, -0.2) is 0 Å². The molecule has 0 aromatic heterocycles. The average Bonchev–Trinajstić information content (AvgIpc) is 2.47.